The van der Waals surface area contributed by atoms with Crippen LogP contribution in [0.25, 0.3) is 0 Å². The van der Waals surface area contributed by atoms with Crippen molar-refractivity contribution in [2.45, 2.75) is 31.1 Å². The third-order valence-corrected chi connectivity index (χ3v) is 4.46. The summed E-state index contributed by atoms with van der Waals surface area (Å²) >= 11 is 4.24. The average molecular weight is 334 g/mol. The molecule has 0 heterocycles. The Bertz CT molecular complexity index is 441. The summed E-state index contributed by atoms with van der Waals surface area (Å²) in [6, 6.07) is 8.11. The zero-order valence-electron chi connectivity index (χ0n) is 12.8. The molecule has 0 amide bonds. The van der Waals surface area contributed by atoms with Crippen LogP contribution in [-0.4, -0.2) is 20.9 Å². The first-order chi connectivity index (χ1) is 10.0. The van der Waals surface area contributed by atoms with Crippen LogP contribution in [0.15, 0.2) is 41.1 Å². The zero-order valence-corrected chi connectivity index (χ0v) is 14.6. The first kappa shape index (κ1) is 20.4. The molecule has 0 saturated carbocycles. The van der Waals surface area contributed by atoms with Gasteiger partial charge in [0.2, 0.25) is 0 Å². The largest absolute Gasteiger partial charge is 0.353 e. The van der Waals surface area contributed by atoms with Gasteiger partial charge in [-0.05, 0) is 43.9 Å². The van der Waals surface area contributed by atoms with Crippen molar-refractivity contribution in [2.75, 3.05) is 20.9 Å². The highest BCUT2D eigenvalue weighted by molar-refractivity contribution is 7.80. The highest BCUT2D eigenvalue weighted by Gasteiger charge is 2.14. The second-order valence-electron chi connectivity index (χ2n) is 4.12. The van der Waals surface area contributed by atoms with Gasteiger partial charge in [-0.25, -0.2) is 0 Å². The van der Waals surface area contributed by atoms with Crippen molar-refractivity contribution in [3.8, 4) is 0 Å². The Balaban J connectivity index is 0.00000122. The second kappa shape index (κ2) is 12.0. The van der Waals surface area contributed by atoms with Gasteiger partial charge in [-0.3, -0.25) is 8.96 Å². The van der Waals surface area contributed by atoms with Crippen molar-refractivity contribution in [2.24, 2.45) is 0 Å². The Morgan fingerprint density at radius 2 is 1.76 bits per heavy atom. The number of allylic oxidation sites excluding steroid dienone is 1. The van der Waals surface area contributed by atoms with Crippen LogP contribution in [0.3, 0.4) is 0 Å². The molecule has 0 radical (unpaired) electrons. The maximum absolute atomic E-state index is 11.7. The van der Waals surface area contributed by atoms with Gasteiger partial charge < -0.3 is 9.05 Å². The number of hydrogen-bond acceptors (Lipinski definition) is 4. The van der Waals surface area contributed by atoms with E-state index in [1.54, 1.807) is 0 Å². The third-order valence-electron chi connectivity index (χ3n) is 2.57. The van der Waals surface area contributed by atoms with E-state index in [1.807, 2.05) is 18.2 Å². The monoisotopic (exact) mass is 334 g/mol. The molecule has 0 atom stereocenters. The van der Waals surface area contributed by atoms with E-state index in [9.17, 15) is 8.96 Å². The Labute approximate surface area is 132 Å². The maximum atomic E-state index is 11.7. The van der Waals surface area contributed by atoms with Crippen LogP contribution in [-0.2, 0) is 20.0 Å². The van der Waals surface area contributed by atoms with E-state index >= 15 is 0 Å². The number of hydrogen-bond donors (Lipinski definition) is 1. The molecule has 120 valence electrons. The summed E-state index contributed by atoms with van der Waals surface area (Å²) in [5.74, 6) is 1.52. The lowest BCUT2D eigenvalue weighted by Crippen LogP contribution is -1.85. The van der Waals surface area contributed by atoms with Gasteiger partial charge in [0.15, 0.2) is 0 Å². The molecule has 0 aliphatic carbocycles. The molecular weight excluding hydrogens is 310 g/mol. The molecule has 1 aromatic carbocycles. The topological polar surface area (TPSA) is 35.5 Å². The van der Waals surface area contributed by atoms with E-state index in [1.165, 1.54) is 32.5 Å². The minimum Gasteiger partial charge on any atom is -0.309 e. The van der Waals surface area contributed by atoms with Crippen molar-refractivity contribution < 1.29 is 18.0 Å². The van der Waals surface area contributed by atoms with Crippen LogP contribution in [0.5, 0.6) is 0 Å². The lowest BCUT2D eigenvalue weighted by molar-refractivity contribution is 0.286. The van der Waals surface area contributed by atoms with E-state index < -0.39 is 7.60 Å². The second-order valence-corrected chi connectivity index (χ2v) is 6.74. The summed E-state index contributed by atoms with van der Waals surface area (Å²) in [6.07, 6.45) is 4.68. The number of thiol groups is 1. The summed E-state index contributed by atoms with van der Waals surface area (Å²) in [5, 5.41) is 0. The van der Waals surface area contributed by atoms with E-state index in [4.69, 9.17) is 9.05 Å². The van der Waals surface area contributed by atoms with Gasteiger partial charge in [0.1, 0.15) is 0 Å². The molecule has 0 saturated heterocycles. The molecule has 21 heavy (non-hydrogen) atoms. The molecular formula is C15H24FO3PS. The van der Waals surface area contributed by atoms with Gasteiger partial charge in [0.25, 0.3) is 0 Å². The number of halogens is 1. The van der Waals surface area contributed by atoms with Crippen molar-refractivity contribution >= 4 is 20.2 Å². The molecule has 0 unspecified atom stereocenters. The Hall–Kier alpha value is -0.610. The smallest absolute Gasteiger partial charge is 0.309 e. The molecule has 0 spiro atoms. The van der Waals surface area contributed by atoms with E-state index in [0.717, 1.165) is 24.2 Å². The quantitative estimate of drug-likeness (QED) is 0.419. The maximum Gasteiger partial charge on any atom is 0.353 e. The normalized spacial score (nSPS) is 11.3. The number of benzene rings is 1. The van der Waals surface area contributed by atoms with Gasteiger partial charge in [-0.1, -0.05) is 18.2 Å². The molecule has 0 fully saturated rings. The summed E-state index contributed by atoms with van der Waals surface area (Å²) < 4.78 is 31.6. The fraction of sp³-hybridized carbons (Fsp3) is 0.467. The first-order valence-corrected chi connectivity index (χ1v) is 8.80. The Morgan fingerprint density at radius 3 is 2.24 bits per heavy atom. The van der Waals surface area contributed by atoms with Crippen LogP contribution in [0.1, 0.15) is 25.3 Å². The lowest BCUT2D eigenvalue weighted by atomic mass is 10.1. The summed E-state index contributed by atoms with van der Waals surface area (Å²) in [6.45, 7) is 1.21. The van der Waals surface area contributed by atoms with Gasteiger partial charge in [0, 0.05) is 24.9 Å². The highest BCUT2D eigenvalue weighted by Crippen LogP contribution is 2.47. The molecule has 1 rings (SSSR count). The molecule has 0 aliphatic heterocycles. The van der Waals surface area contributed by atoms with Gasteiger partial charge in [-0.2, -0.15) is 0 Å². The standard InChI is InChI=1S/C13H19O3PS.C2H5F/c1-15-17(14,16-2)11-5-3-4-6-12-7-9-13(18)10-8-12;1-2-3/h5,7-11,18H,3-4,6H2,1-2H3;2H2,1H3/b11-5+;. The van der Waals surface area contributed by atoms with Gasteiger partial charge in [-0.15, -0.1) is 12.6 Å². The molecule has 1 aromatic rings. The molecule has 0 aromatic heterocycles. The van der Waals surface area contributed by atoms with E-state index in [-0.39, 0.29) is 6.67 Å². The molecule has 0 bridgehead atoms. The van der Waals surface area contributed by atoms with Gasteiger partial charge >= 0.3 is 7.60 Å². The molecule has 0 aliphatic rings. The van der Waals surface area contributed by atoms with Crippen molar-refractivity contribution in [1.82, 2.24) is 0 Å². The van der Waals surface area contributed by atoms with Gasteiger partial charge in [0.05, 0.1) is 6.67 Å². The lowest BCUT2D eigenvalue weighted by Gasteiger charge is -2.07. The van der Waals surface area contributed by atoms with Crippen LogP contribution in [0.4, 0.5) is 4.39 Å². The van der Waals surface area contributed by atoms with Crippen molar-refractivity contribution in [3.63, 3.8) is 0 Å². The van der Waals surface area contributed by atoms with E-state index in [2.05, 4.69) is 24.8 Å². The van der Waals surface area contributed by atoms with Crippen LogP contribution in [0, 0.1) is 0 Å². The highest BCUT2D eigenvalue weighted by atomic mass is 32.1. The Morgan fingerprint density at radius 1 is 1.24 bits per heavy atom. The molecule has 6 heteroatoms. The zero-order chi connectivity index (χ0) is 16.1. The fourth-order valence-electron chi connectivity index (χ4n) is 1.49. The van der Waals surface area contributed by atoms with Crippen molar-refractivity contribution in [3.05, 3.63) is 41.7 Å². The predicted molar refractivity (Wildman–Crippen MR) is 89.0 cm³/mol. The number of unbranched alkanes of at least 4 members (excludes halogenated alkanes) is 1. The molecule has 3 nitrogen and oxygen atoms in total. The number of alkyl halides is 1. The Kier molecular flexibility index (Phi) is 11.6. The summed E-state index contributed by atoms with van der Waals surface area (Å²) in [7, 11) is -0.225. The van der Waals surface area contributed by atoms with E-state index in [0.29, 0.717) is 0 Å². The number of rotatable bonds is 7. The first-order valence-electron chi connectivity index (χ1n) is 6.74. The van der Waals surface area contributed by atoms with Crippen LogP contribution >= 0.6 is 20.2 Å². The fourth-order valence-corrected chi connectivity index (χ4v) is 2.44. The number of aryl methyl sites for hydroxylation is 1. The molecule has 0 N–H and O–H groups in total. The SMILES string of the molecule is CCF.COP(=O)(/C=C/CCCc1ccc(S)cc1)OC. The average Bonchev–Trinajstić information content (AvgIpc) is 2.49. The summed E-state index contributed by atoms with van der Waals surface area (Å²) in [5.41, 5.74) is 1.28. The minimum absolute atomic E-state index is 0.250. The van der Waals surface area contributed by atoms with Crippen LogP contribution < -0.4 is 0 Å². The summed E-state index contributed by atoms with van der Waals surface area (Å²) in [4.78, 5) is 0.972. The third kappa shape index (κ3) is 9.86. The van der Waals surface area contributed by atoms with Crippen LogP contribution in [0.2, 0.25) is 0 Å². The minimum atomic E-state index is -2.99. The predicted octanol–water partition coefficient (Wildman–Crippen LogP) is 5.27. The van der Waals surface area contributed by atoms with Crippen molar-refractivity contribution in [1.29, 1.82) is 0 Å².